The number of thioether (sulfide) groups is 2. The van der Waals surface area contributed by atoms with Gasteiger partial charge in [-0.2, -0.15) is 23.5 Å². The minimum Gasteiger partial charge on any atom is -0.201 e. The van der Waals surface area contributed by atoms with E-state index < -0.39 is 0 Å². The normalized spacial score (nSPS) is 10.4. The molecule has 1 heterocycles. The zero-order valence-corrected chi connectivity index (χ0v) is 9.60. The van der Waals surface area contributed by atoms with Crippen LogP contribution in [-0.2, 0) is 5.75 Å². The van der Waals surface area contributed by atoms with Gasteiger partial charge in [0, 0.05) is 28.3 Å². The molecule has 68 valence electrons. The Bertz CT molecular complexity index is 186. The Morgan fingerprint density at radius 2 is 2.25 bits per heavy atom. The molecule has 1 aromatic heterocycles. The summed E-state index contributed by atoms with van der Waals surface area (Å²) in [6.07, 6.45) is 1.88. The highest BCUT2D eigenvalue weighted by atomic mass is 32.2. The molecule has 0 saturated heterocycles. The third-order valence-corrected chi connectivity index (χ3v) is 4.40. The van der Waals surface area contributed by atoms with Gasteiger partial charge in [0.1, 0.15) is 0 Å². The molecule has 0 spiro atoms. The third-order valence-electron chi connectivity index (χ3n) is 1.31. The summed E-state index contributed by atoms with van der Waals surface area (Å²) in [5.74, 6) is 4.91. The van der Waals surface area contributed by atoms with Crippen LogP contribution in [0.3, 0.4) is 0 Å². The van der Waals surface area contributed by atoms with Crippen LogP contribution in [0.1, 0.15) is 11.8 Å². The molecular formula is C8H13NS3. The molecule has 1 rings (SSSR count). The maximum absolute atomic E-state index is 4.06. The Balaban J connectivity index is 1.96. The summed E-state index contributed by atoms with van der Waals surface area (Å²) in [4.78, 5) is 1.39. The highest BCUT2D eigenvalue weighted by Gasteiger charge is 1.94. The summed E-state index contributed by atoms with van der Waals surface area (Å²) in [5.41, 5.74) is 0. The van der Waals surface area contributed by atoms with Crippen molar-refractivity contribution in [3.05, 3.63) is 17.1 Å². The van der Waals surface area contributed by atoms with E-state index in [1.54, 1.807) is 11.5 Å². The zero-order chi connectivity index (χ0) is 8.65. The fourth-order valence-electron chi connectivity index (χ4n) is 0.752. The van der Waals surface area contributed by atoms with Gasteiger partial charge in [-0.3, -0.25) is 0 Å². The van der Waals surface area contributed by atoms with Crippen LogP contribution >= 0.6 is 35.1 Å². The summed E-state index contributed by atoms with van der Waals surface area (Å²) in [7, 11) is 0. The molecule has 0 aliphatic heterocycles. The van der Waals surface area contributed by atoms with Crippen molar-refractivity contribution in [2.24, 2.45) is 0 Å². The van der Waals surface area contributed by atoms with Gasteiger partial charge in [0.15, 0.2) is 0 Å². The number of hydrogen-bond donors (Lipinski definition) is 0. The van der Waals surface area contributed by atoms with Gasteiger partial charge in [-0.1, -0.05) is 6.92 Å². The summed E-state index contributed by atoms with van der Waals surface area (Å²) in [5, 5.41) is 0. The highest BCUT2D eigenvalue weighted by molar-refractivity contribution is 8.02. The lowest BCUT2D eigenvalue weighted by atomic mass is 10.6. The second kappa shape index (κ2) is 6.80. The molecule has 0 unspecified atom stereocenters. The molecule has 0 atom stereocenters. The Kier molecular flexibility index (Phi) is 5.90. The van der Waals surface area contributed by atoms with Crippen LogP contribution in [0.25, 0.3) is 0 Å². The second-order valence-corrected chi connectivity index (χ2v) is 5.65. The molecule has 0 N–H and O–H groups in total. The topological polar surface area (TPSA) is 12.9 Å². The number of nitrogens with zero attached hydrogens (tertiary/aromatic N) is 1. The van der Waals surface area contributed by atoms with Crippen molar-refractivity contribution in [1.82, 2.24) is 4.37 Å². The van der Waals surface area contributed by atoms with Crippen LogP contribution < -0.4 is 0 Å². The molecule has 1 nitrogen and oxygen atoms in total. The van der Waals surface area contributed by atoms with Gasteiger partial charge in [0.25, 0.3) is 0 Å². The van der Waals surface area contributed by atoms with E-state index in [9.17, 15) is 0 Å². The molecule has 0 amide bonds. The van der Waals surface area contributed by atoms with Crippen molar-refractivity contribution in [1.29, 1.82) is 0 Å². The Morgan fingerprint density at radius 3 is 2.92 bits per heavy atom. The van der Waals surface area contributed by atoms with Gasteiger partial charge in [-0.25, -0.2) is 4.37 Å². The quantitative estimate of drug-likeness (QED) is 0.682. The van der Waals surface area contributed by atoms with Gasteiger partial charge in [-0.15, -0.1) is 0 Å². The maximum Gasteiger partial charge on any atom is 0.0410 e. The van der Waals surface area contributed by atoms with Crippen LogP contribution in [0.5, 0.6) is 0 Å². The van der Waals surface area contributed by atoms with Crippen molar-refractivity contribution in [2.75, 3.05) is 17.3 Å². The number of rotatable bonds is 6. The molecule has 0 aromatic carbocycles. The van der Waals surface area contributed by atoms with E-state index >= 15 is 0 Å². The summed E-state index contributed by atoms with van der Waals surface area (Å²) in [6.45, 7) is 2.21. The predicted molar refractivity (Wildman–Crippen MR) is 61.3 cm³/mol. The molecule has 4 heteroatoms. The van der Waals surface area contributed by atoms with Gasteiger partial charge in [-0.05, 0) is 23.4 Å². The lowest BCUT2D eigenvalue weighted by Gasteiger charge is -1.97. The Morgan fingerprint density at radius 1 is 1.42 bits per heavy atom. The van der Waals surface area contributed by atoms with Crippen LogP contribution in [0.2, 0.25) is 0 Å². The van der Waals surface area contributed by atoms with E-state index in [4.69, 9.17) is 0 Å². The van der Waals surface area contributed by atoms with Crippen LogP contribution in [-0.4, -0.2) is 21.6 Å². The Labute approximate surface area is 86.5 Å². The predicted octanol–water partition coefficient (Wildman–Crippen LogP) is 3.13. The first-order valence-corrected chi connectivity index (χ1v) is 7.07. The summed E-state index contributed by atoms with van der Waals surface area (Å²) in [6, 6.07) is 2.10. The number of aromatic nitrogens is 1. The zero-order valence-electron chi connectivity index (χ0n) is 7.16. The molecule has 0 fully saturated rings. The van der Waals surface area contributed by atoms with E-state index in [0.29, 0.717) is 0 Å². The molecule has 0 aliphatic carbocycles. The van der Waals surface area contributed by atoms with E-state index in [2.05, 4.69) is 17.4 Å². The average Bonchev–Trinajstić information content (AvgIpc) is 2.57. The lowest BCUT2D eigenvalue weighted by molar-refractivity contribution is 1.45. The molecule has 12 heavy (non-hydrogen) atoms. The van der Waals surface area contributed by atoms with Crippen molar-refractivity contribution in [2.45, 2.75) is 12.7 Å². The van der Waals surface area contributed by atoms with E-state index in [0.717, 1.165) is 5.75 Å². The third kappa shape index (κ3) is 4.38. The van der Waals surface area contributed by atoms with Crippen molar-refractivity contribution in [3.63, 3.8) is 0 Å². The molecular weight excluding hydrogens is 206 g/mol. The van der Waals surface area contributed by atoms with Crippen LogP contribution in [0.4, 0.5) is 0 Å². The molecule has 1 aromatic rings. The van der Waals surface area contributed by atoms with Gasteiger partial charge >= 0.3 is 0 Å². The summed E-state index contributed by atoms with van der Waals surface area (Å²) < 4.78 is 4.06. The monoisotopic (exact) mass is 219 g/mol. The van der Waals surface area contributed by atoms with E-state index in [1.807, 2.05) is 29.7 Å². The molecule has 0 aliphatic rings. The fraction of sp³-hybridized carbons (Fsp3) is 0.625. The molecule has 0 radical (unpaired) electrons. The van der Waals surface area contributed by atoms with Gasteiger partial charge in [0.2, 0.25) is 0 Å². The van der Waals surface area contributed by atoms with Gasteiger partial charge < -0.3 is 0 Å². The molecule has 0 saturated carbocycles. The highest BCUT2D eigenvalue weighted by Crippen LogP contribution is 2.16. The van der Waals surface area contributed by atoms with Gasteiger partial charge in [0.05, 0.1) is 0 Å². The SMILES string of the molecule is CCSCCSCc1ccns1. The van der Waals surface area contributed by atoms with Crippen LogP contribution in [0, 0.1) is 0 Å². The summed E-state index contributed by atoms with van der Waals surface area (Å²) >= 11 is 5.62. The largest absolute Gasteiger partial charge is 0.201 e. The van der Waals surface area contributed by atoms with E-state index in [1.165, 1.54) is 22.1 Å². The Hall–Kier alpha value is 0.330. The minimum atomic E-state index is 1.13. The molecule has 0 bridgehead atoms. The standard InChI is InChI=1S/C8H13NS3/c1-2-10-5-6-11-7-8-3-4-9-12-8/h3-4H,2,5-7H2,1H3. The van der Waals surface area contributed by atoms with Crippen molar-refractivity contribution in [3.8, 4) is 0 Å². The first kappa shape index (κ1) is 10.4. The number of hydrogen-bond acceptors (Lipinski definition) is 4. The maximum atomic E-state index is 4.06. The first-order valence-electron chi connectivity index (χ1n) is 3.98. The fourth-order valence-corrected chi connectivity index (χ4v) is 3.26. The van der Waals surface area contributed by atoms with Crippen LogP contribution in [0.15, 0.2) is 12.3 Å². The smallest absolute Gasteiger partial charge is 0.0410 e. The minimum absolute atomic E-state index is 1.13. The lowest BCUT2D eigenvalue weighted by Crippen LogP contribution is -1.84. The average molecular weight is 219 g/mol. The van der Waals surface area contributed by atoms with Crippen molar-refractivity contribution >= 4 is 35.1 Å². The van der Waals surface area contributed by atoms with Crippen molar-refractivity contribution < 1.29 is 0 Å². The second-order valence-electron chi connectivity index (χ2n) is 2.23. The van der Waals surface area contributed by atoms with E-state index in [-0.39, 0.29) is 0 Å². The first-order chi connectivity index (χ1) is 5.93.